The summed E-state index contributed by atoms with van der Waals surface area (Å²) in [5, 5.41) is 11.9. The van der Waals surface area contributed by atoms with Crippen LogP contribution in [-0.2, 0) is 17.5 Å². The monoisotopic (exact) mass is 580 g/mol. The molecular weight excluding hydrogens is 557 g/mol. The van der Waals surface area contributed by atoms with Crippen molar-refractivity contribution in [1.82, 2.24) is 19.4 Å². The minimum Gasteiger partial charge on any atom is -0.447 e. The summed E-state index contributed by atoms with van der Waals surface area (Å²) in [6.07, 6.45) is -2.54. The molecule has 0 saturated carbocycles. The first kappa shape index (κ1) is 26.8. The quantitative estimate of drug-likeness (QED) is 0.347. The first-order valence-electron chi connectivity index (χ1n) is 12.9. The zero-order valence-electron chi connectivity index (χ0n) is 21.7. The molecule has 2 atom stereocenters. The van der Waals surface area contributed by atoms with Gasteiger partial charge in [0.05, 0.1) is 40.0 Å². The van der Waals surface area contributed by atoms with E-state index in [0.29, 0.717) is 69.1 Å². The molecule has 9 nitrogen and oxygen atoms in total. The number of alkyl halides is 3. The Kier molecular flexibility index (Phi) is 6.65. The van der Waals surface area contributed by atoms with E-state index in [9.17, 15) is 22.8 Å². The number of hydrogen-bond donors (Lipinski definition) is 1. The fourth-order valence-corrected chi connectivity index (χ4v) is 6.15. The molecule has 4 aromatic rings. The maximum Gasteiger partial charge on any atom is 0.443 e. The summed E-state index contributed by atoms with van der Waals surface area (Å²) >= 11 is 0.527. The molecule has 2 aromatic carbocycles. The lowest BCUT2D eigenvalue weighted by atomic mass is 9.97. The highest BCUT2D eigenvalue weighted by molar-refractivity contribution is 7.15. The molecule has 41 heavy (non-hydrogen) atoms. The van der Waals surface area contributed by atoms with Gasteiger partial charge in [-0.25, -0.2) is 14.8 Å². The third kappa shape index (κ3) is 5.11. The number of amides is 1. The predicted octanol–water partition coefficient (Wildman–Crippen LogP) is 5.16. The Morgan fingerprint density at radius 3 is 2.71 bits per heavy atom. The maximum absolute atomic E-state index is 13.7. The minimum absolute atomic E-state index is 0.0909. The van der Waals surface area contributed by atoms with Crippen molar-refractivity contribution in [2.45, 2.75) is 44.6 Å². The Bertz CT molecular complexity index is 1760. The van der Waals surface area contributed by atoms with Crippen molar-refractivity contribution in [3.63, 3.8) is 0 Å². The van der Waals surface area contributed by atoms with Gasteiger partial charge in [0.1, 0.15) is 12.4 Å². The van der Waals surface area contributed by atoms with E-state index in [2.05, 4.69) is 21.4 Å². The first-order chi connectivity index (χ1) is 19.6. The Labute approximate surface area is 235 Å². The topological polar surface area (TPSA) is 113 Å². The number of rotatable bonds is 5. The summed E-state index contributed by atoms with van der Waals surface area (Å²) in [5.41, 5.74) is 2.34. The lowest BCUT2D eigenvalue weighted by Gasteiger charge is -2.33. The zero-order valence-corrected chi connectivity index (χ0v) is 22.6. The van der Waals surface area contributed by atoms with Gasteiger partial charge in [0.2, 0.25) is 0 Å². The van der Waals surface area contributed by atoms with E-state index >= 15 is 0 Å². The molecule has 0 unspecified atom stereocenters. The van der Waals surface area contributed by atoms with Crippen molar-refractivity contribution in [2.24, 2.45) is 0 Å². The number of carbonyl (C=O) groups excluding carboxylic acids is 1. The predicted molar refractivity (Wildman–Crippen MR) is 146 cm³/mol. The van der Waals surface area contributed by atoms with E-state index in [1.807, 2.05) is 0 Å². The standard InChI is InChI=1S/C28H23F3N6O3S/c1-15-34-23-9-20(24-12-33-26(41-24)28(29,30)31)22(35-18-6-7-36-19(8-18)14-40-27(36)39)10-21(23)25(38)37(15)13-17-4-2-16(11-32)3-5-17/h2-5,9-10,12,18-19,35H,6-8,13-14H2,1H3/t18-,19-/m0/s1. The van der Waals surface area contributed by atoms with E-state index in [4.69, 9.17) is 10.00 Å². The summed E-state index contributed by atoms with van der Waals surface area (Å²) in [4.78, 5) is 35.8. The summed E-state index contributed by atoms with van der Waals surface area (Å²) in [6.45, 7) is 2.71. The summed E-state index contributed by atoms with van der Waals surface area (Å²) in [7, 11) is 0. The van der Waals surface area contributed by atoms with Gasteiger partial charge in [0.25, 0.3) is 5.56 Å². The number of aryl methyl sites for hydroxylation is 1. The fraction of sp³-hybridized carbons (Fsp3) is 0.321. The van der Waals surface area contributed by atoms with Crippen molar-refractivity contribution in [2.75, 3.05) is 18.5 Å². The number of nitrogens with zero attached hydrogens (tertiary/aromatic N) is 5. The molecule has 2 fully saturated rings. The summed E-state index contributed by atoms with van der Waals surface area (Å²) in [5.74, 6) is 0.442. The van der Waals surface area contributed by atoms with E-state index in [1.165, 1.54) is 10.8 Å². The van der Waals surface area contributed by atoms with Crippen molar-refractivity contribution in [3.8, 4) is 16.5 Å². The van der Waals surface area contributed by atoms with Crippen LogP contribution in [0.4, 0.5) is 23.7 Å². The van der Waals surface area contributed by atoms with Gasteiger partial charge < -0.3 is 15.0 Å². The molecule has 6 rings (SSSR count). The van der Waals surface area contributed by atoms with Crippen LogP contribution in [0.1, 0.15) is 34.8 Å². The molecule has 13 heteroatoms. The average molecular weight is 581 g/mol. The van der Waals surface area contributed by atoms with Gasteiger partial charge in [0.15, 0.2) is 5.01 Å². The lowest BCUT2D eigenvalue weighted by Crippen LogP contribution is -2.45. The number of anilines is 1. The molecule has 2 aromatic heterocycles. The normalized spacial score (nSPS) is 18.7. The molecule has 2 aliphatic heterocycles. The third-order valence-electron chi connectivity index (χ3n) is 7.43. The zero-order chi connectivity index (χ0) is 28.9. The van der Waals surface area contributed by atoms with Crippen molar-refractivity contribution in [1.29, 1.82) is 5.26 Å². The Balaban J connectivity index is 1.42. The van der Waals surface area contributed by atoms with Gasteiger partial charge in [-0.05, 0) is 49.6 Å². The Morgan fingerprint density at radius 2 is 2.00 bits per heavy atom. The van der Waals surface area contributed by atoms with E-state index in [-0.39, 0.29) is 36.9 Å². The number of aromatic nitrogens is 3. The summed E-state index contributed by atoms with van der Waals surface area (Å²) in [6, 6.07) is 12.1. The fourth-order valence-electron chi connectivity index (χ4n) is 5.34. The molecular formula is C28H23F3N6O3S. The second-order valence-corrected chi connectivity index (χ2v) is 11.1. The number of thiazole rings is 1. The molecule has 0 radical (unpaired) electrons. The Hall–Kier alpha value is -4.44. The molecule has 0 aliphatic carbocycles. The maximum atomic E-state index is 13.7. The number of benzene rings is 2. The molecule has 1 N–H and O–H groups in total. The van der Waals surface area contributed by atoms with Crippen molar-refractivity contribution in [3.05, 3.63) is 74.9 Å². The number of cyclic esters (lactones) is 1. The van der Waals surface area contributed by atoms with E-state index < -0.39 is 11.2 Å². The number of nitrogens with one attached hydrogen (secondary N) is 1. The van der Waals surface area contributed by atoms with E-state index in [0.717, 1.165) is 5.56 Å². The van der Waals surface area contributed by atoms with Crippen LogP contribution in [-0.4, -0.2) is 50.8 Å². The average Bonchev–Trinajstić information content (AvgIpc) is 3.59. The van der Waals surface area contributed by atoms with Crippen LogP contribution >= 0.6 is 11.3 Å². The van der Waals surface area contributed by atoms with Crippen LogP contribution < -0.4 is 10.9 Å². The second kappa shape index (κ2) is 10.2. The van der Waals surface area contributed by atoms with Crippen LogP contribution in [0, 0.1) is 18.3 Å². The summed E-state index contributed by atoms with van der Waals surface area (Å²) < 4.78 is 46.9. The SMILES string of the molecule is Cc1nc2cc(-c3cnc(C(F)(F)F)s3)c(N[C@H]3CCN4C(=O)OC[C@@H]4C3)cc2c(=O)n1Cc1ccc(C#N)cc1. The number of fused-ring (bicyclic) bond motifs is 2. The molecule has 4 heterocycles. The highest BCUT2D eigenvalue weighted by Crippen LogP contribution is 2.40. The van der Waals surface area contributed by atoms with Crippen molar-refractivity contribution >= 4 is 34.0 Å². The Morgan fingerprint density at radius 1 is 1.22 bits per heavy atom. The number of ether oxygens (including phenoxy) is 1. The van der Waals surface area contributed by atoms with Crippen LogP contribution in [0.3, 0.4) is 0 Å². The molecule has 0 bridgehead atoms. The number of nitriles is 1. The van der Waals surface area contributed by atoms with Gasteiger partial charge in [-0.3, -0.25) is 9.36 Å². The molecule has 2 aliphatic rings. The first-order valence-corrected chi connectivity index (χ1v) is 13.7. The van der Waals surface area contributed by atoms with Crippen molar-refractivity contribution < 1.29 is 22.7 Å². The molecule has 0 spiro atoms. The minimum atomic E-state index is -4.58. The van der Waals surface area contributed by atoms with Crippen LogP contribution in [0.5, 0.6) is 0 Å². The number of hydrogen-bond acceptors (Lipinski definition) is 8. The van der Waals surface area contributed by atoms with Crippen LogP contribution in [0.25, 0.3) is 21.3 Å². The second-order valence-electron chi connectivity index (χ2n) is 10.1. The number of halogens is 3. The van der Waals surface area contributed by atoms with Crippen LogP contribution in [0.2, 0.25) is 0 Å². The van der Waals surface area contributed by atoms with Gasteiger partial charge >= 0.3 is 12.3 Å². The van der Waals surface area contributed by atoms with E-state index in [1.54, 1.807) is 48.2 Å². The number of piperidine rings is 1. The largest absolute Gasteiger partial charge is 0.447 e. The smallest absolute Gasteiger partial charge is 0.443 e. The van der Waals surface area contributed by atoms with Gasteiger partial charge in [0, 0.05) is 30.0 Å². The van der Waals surface area contributed by atoms with Gasteiger partial charge in [-0.2, -0.15) is 18.4 Å². The van der Waals surface area contributed by atoms with Gasteiger partial charge in [-0.15, -0.1) is 11.3 Å². The lowest BCUT2D eigenvalue weighted by molar-refractivity contribution is -0.137. The van der Waals surface area contributed by atoms with Gasteiger partial charge in [-0.1, -0.05) is 12.1 Å². The van der Waals surface area contributed by atoms with Crippen LogP contribution in [0.15, 0.2) is 47.4 Å². The molecule has 1 amide bonds. The molecule has 210 valence electrons. The third-order valence-corrected chi connectivity index (χ3v) is 8.51. The highest BCUT2D eigenvalue weighted by Gasteiger charge is 2.38. The highest BCUT2D eigenvalue weighted by atomic mass is 32.1. The molecule has 2 saturated heterocycles. The number of carbonyl (C=O) groups is 1.